The Bertz CT molecular complexity index is 542. The summed E-state index contributed by atoms with van der Waals surface area (Å²) in [5.41, 5.74) is 0. The smallest absolute Gasteiger partial charge is 0.202 e. The van der Waals surface area contributed by atoms with Crippen LogP contribution in [0.2, 0.25) is 4.34 Å². The van der Waals surface area contributed by atoms with E-state index < -0.39 is 11.7 Å². The topological polar surface area (TPSA) is 25.8 Å². The van der Waals surface area contributed by atoms with Gasteiger partial charge in [0.2, 0.25) is 0 Å². The van der Waals surface area contributed by atoms with E-state index in [0.717, 1.165) is 11.3 Å². The molecule has 0 fully saturated rings. The number of alkyl halides is 4. The fourth-order valence-corrected chi connectivity index (χ4v) is 3.75. The largest absolute Gasteiger partial charge is 0.359 e. The first kappa shape index (κ1) is 14.0. The van der Waals surface area contributed by atoms with Crippen molar-refractivity contribution in [2.24, 2.45) is 0 Å². The first-order chi connectivity index (χ1) is 8.38. The van der Waals surface area contributed by atoms with Crippen LogP contribution in [0.25, 0.3) is 9.88 Å². The van der Waals surface area contributed by atoms with Crippen LogP contribution in [0.4, 0.5) is 17.6 Å². The molecule has 2 rings (SSSR count). The number of thiophene rings is 1. The van der Waals surface area contributed by atoms with Crippen molar-refractivity contribution in [2.45, 2.75) is 16.0 Å². The molecule has 0 bridgehead atoms. The van der Waals surface area contributed by atoms with Crippen LogP contribution in [0.15, 0.2) is 16.5 Å². The van der Waals surface area contributed by atoms with Gasteiger partial charge in [0, 0.05) is 0 Å². The molecule has 0 aliphatic rings. The highest BCUT2D eigenvalue weighted by atomic mass is 35.5. The monoisotopic (exact) mass is 334 g/mol. The second kappa shape index (κ2) is 5.32. The van der Waals surface area contributed by atoms with Crippen LogP contribution < -0.4 is 0 Å². The van der Waals surface area contributed by atoms with E-state index in [1.165, 1.54) is 11.3 Å². The summed E-state index contributed by atoms with van der Waals surface area (Å²) >= 11 is 7.45. The minimum Gasteiger partial charge on any atom is -0.202 e. The third kappa shape index (κ3) is 3.14. The molecule has 10 heteroatoms. The van der Waals surface area contributed by atoms with E-state index in [0.29, 0.717) is 14.2 Å². The van der Waals surface area contributed by atoms with Crippen molar-refractivity contribution < 1.29 is 17.6 Å². The second-order valence-corrected chi connectivity index (χ2v) is 7.03. The number of thioether (sulfide) groups is 1. The van der Waals surface area contributed by atoms with Crippen LogP contribution in [0.1, 0.15) is 0 Å². The third-order valence-electron chi connectivity index (χ3n) is 1.67. The molecular formula is C8H3ClF4N2S3. The molecule has 98 valence electrons. The van der Waals surface area contributed by atoms with Crippen molar-refractivity contribution >= 4 is 46.0 Å². The van der Waals surface area contributed by atoms with Gasteiger partial charge in [-0.2, -0.15) is 8.78 Å². The van der Waals surface area contributed by atoms with Gasteiger partial charge in [-0.1, -0.05) is 22.9 Å². The quantitative estimate of drug-likeness (QED) is 0.589. The van der Waals surface area contributed by atoms with Crippen molar-refractivity contribution in [1.29, 1.82) is 0 Å². The lowest BCUT2D eigenvalue weighted by atomic mass is 10.5. The van der Waals surface area contributed by atoms with E-state index in [1.54, 1.807) is 12.1 Å². The minimum atomic E-state index is -4.16. The molecule has 2 nitrogen and oxygen atoms in total. The molecule has 0 aromatic carbocycles. The zero-order chi connectivity index (χ0) is 13.3. The summed E-state index contributed by atoms with van der Waals surface area (Å²) in [5, 5.41) is 3.33. The normalized spacial score (nSPS) is 12.3. The van der Waals surface area contributed by atoms with Gasteiger partial charge in [0.15, 0.2) is 9.35 Å². The van der Waals surface area contributed by atoms with Crippen molar-refractivity contribution in [3.05, 3.63) is 16.5 Å². The highest BCUT2D eigenvalue weighted by molar-refractivity contribution is 8.02. The lowest BCUT2D eigenvalue weighted by molar-refractivity contribution is -0.0563. The molecule has 0 N–H and O–H groups in total. The first-order valence-corrected chi connectivity index (χ1v) is 7.15. The van der Waals surface area contributed by atoms with Crippen molar-refractivity contribution in [1.82, 2.24) is 10.2 Å². The standard InChI is InChI=1S/C8H3ClF4N2S3/c9-4-2-1-3(16-4)5-14-15-7(17-5)18-8(12,13)6(10)11/h1-2,6H. The van der Waals surface area contributed by atoms with E-state index in [1.807, 2.05) is 0 Å². The molecule has 0 atom stereocenters. The maximum absolute atomic E-state index is 12.8. The summed E-state index contributed by atoms with van der Waals surface area (Å²) in [6, 6.07) is 3.29. The molecule has 0 aliphatic heterocycles. The third-order valence-corrected chi connectivity index (χ3v) is 4.99. The molecule has 2 aromatic rings. The molecule has 0 radical (unpaired) electrons. The molecule has 0 saturated heterocycles. The fraction of sp³-hybridized carbons (Fsp3) is 0.250. The van der Waals surface area contributed by atoms with Crippen molar-refractivity contribution in [3.8, 4) is 9.88 Å². The molecule has 2 aromatic heterocycles. The first-order valence-electron chi connectivity index (χ1n) is 4.32. The van der Waals surface area contributed by atoms with Crippen LogP contribution in [0, 0.1) is 0 Å². The van der Waals surface area contributed by atoms with Gasteiger partial charge in [0.25, 0.3) is 0 Å². The summed E-state index contributed by atoms with van der Waals surface area (Å²) in [4.78, 5) is 0.657. The molecular weight excluding hydrogens is 332 g/mol. The summed E-state index contributed by atoms with van der Waals surface area (Å²) in [7, 11) is 0. The van der Waals surface area contributed by atoms with Gasteiger partial charge in [0.05, 0.1) is 9.21 Å². The summed E-state index contributed by atoms with van der Waals surface area (Å²) in [6.07, 6.45) is -3.74. The fourth-order valence-electron chi connectivity index (χ4n) is 0.941. The summed E-state index contributed by atoms with van der Waals surface area (Å²) < 4.78 is 49.9. The Morgan fingerprint density at radius 3 is 2.50 bits per heavy atom. The summed E-state index contributed by atoms with van der Waals surface area (Å²) in [6.45, 7) is 0. The Hall–Kier alpha value is -0.380. The summed E-state index contributed by atoms with van der Waals surface area (Å²) in [5.74, 6) is 0. The zero-order valence-electron chi connectivity index (χ0n) is 8.24. The number of aromatic nitrogens is 2. The van der Waals surface area contributed by atoms with E-state index in [9.17, 15) is 17.6 Å². The van der Waals surface area contributed by atoms with E-state index in [-0.39, 0.29) is 16.1 Å². The average Bonchev–Trinajstić information content (AvgIpc) is 2.86. The van der Waals surface area contributed by atoms with Gasteiger partial charge in [0.1, 0.15) is 0 Å². The number of hydrogen-bond acceptors (Lipinski definition) is 5. The van der Waals surface area contributed by atoms with Crippen LogP contribution in [-0.2, 0) is 0 Å². The van der Waals surface area contributed by atoms with Crippen molar-refractivity contribution in [3.63, 3.8) is 0 Å². The number of nitrogens with zero attached hydrogens (tertiary/aromatic N) is 2. The molecule has 0 unspecified atom stereocenters. The maximum atomic E-state index is 12.8. The number of halogens is 5. The molecule has 18 heavy (non-hydrogen) atoms. The lowest BCUT2D eigenvalue weighted by Gasteiger charge is -2.11. The van der Waals surface area contributed by atoms with Gasteiger partial charge >= 0.3 is 11.7 Å². The molecule has 0 amide bonds. The van der Waals surface area contributed by atoms with Gasteiger partial charge in [-0.25, -0.2) is 8.78 Å². The van der Waals surface area contributed by atoms with Gasteiger partial charge in [-0.15, -0.1) is 21.5 Å². The second-order valence-electron chi connectivity index (χ2n) is 2.94. The van der Waals surface area contributed by atoms with Crippen LogP contribution in [0.3, 0.4) is 0 Å². The SMILES string of the molecule is FC(F)C(F)(F)Sc1nnc(-c2ccc(Cl)s2)s1. The van der Waals surface area contributed by atoms with Gasteiger partial charge in [-0.05, 0) is 23.9 Å². The van der Waals surface area contributed by atoms with Crippen LogP contribution in [0.5, 0.6) is 0 Å². The number of rotatable bonds is 4. The Labute approximate surface area is 116 Å². The van der Waals surface area contributed by atoms with E-state index in [4.69, 9.17) is 11.6 Å². The molecule has 2 heterocycles. The van der Waals surface area contributed by atoms with Gasteiger partial charge in [-0.3, -0.25) is 0 Å². The minimum absolute atomic E-state index is 0.208. The average molecular weight is 335 g/mol. The van der Waals surface area contributed by atoms with Crippen molar-refractivity contribution in [2.75, 3.05) is 0 Å². The van der Waals surface area contributed by atoms with Crippen LogP contribution >= 0.6 is 46.0 Å². The zero-order valence-corrected chi connectivity index (χ0v) is 11.4. The lowest BCUT2D eigenvalue weighted by Crippen LogP contribution is -2.21. The van der Waals surface area contributed by atoms with E-state index in [2.05, 4.69) is 10.2 Å². The highest BCUT2D eigenvalue weighted by Crippen LogP contribution is 2.43. The van der Waals surface area contributed by atoms with Gasteiger partial charge < -0.3 is 0 Å². The Morgan fingerprint density at radius 2 is 1.94 bits per heavy atom. The highest BCUT2D eigenvalue weighted by Gasteiger charge is 2.43. The number of hydrogen-bond donors (Lipinski definition) is 0. The molecule has 0 spiro atoms. The van der Waals surface area contributed by atoms with Crippen LogP contribution in [-0.4, -0.2) is 21.9 Å². The maximum Gasteiger partial charge on any atom is 0.359 e. The Balaban J connectivity index is 2.16. The molecule has 0 aliphatic carbocycles. The Morgan fingerprint density at radius 1 is 1.22 bits per heavy atom. The Kier molecular flexibility index (Phi) is 4.15. The molecule has 0 saturated carbocycles. The predicted octanol–water partition coefficient (Wildman–Crippen LogP) is 4.87. The predicted molar refractivity (Wildman–Crippen MR) is 65.0 cm³/mol. The van der Waals surface area contributed by atoms with E-state index >= 15 is 0 Å².